The SMILES string of the molecule is Cc1nc(N2CCN(C)CC2)nc(C)c1NC(=O)c1ccc2nccnc2c1. The lowest BCUT2D eigenvalue weighted by Gasteiger charge is -2.32. The number of aromatic nitrogens is 4. The van der Waals surface area contributed by atoms with E-state index in [-0.39, 0.29) is 5.91 Å². The molecule has 1 fully saturated rings. The lowest BCUT2D eigenvalue weighted by Crippen LogP contribution is -2.45. The minimum atomic E-state index is -0.213. The van der Waals surface area contributed by atoms with Crippen molar-refractivity contribution >= 4 is 28.6 Å². The first kappa shape index (κ1) is 18.2. The summed E-state index contributed by atoms with van der Waals surface area (Å²) in [5.41, 5.74) is 4.14. The summed E-state index contributed by atoms with van der Waals surface area (Å²) in [5.74, 6) is 0.511. The molecule has 144 valence electrons. The summed E-state index contributed by atoms with van der Waals surface area (Å²) >= 11 is 0. The van der Waals surface area contributed by atoms with Crippen LogP contribution in [0.3, 0.4) is 0 Å². The number of carbonyl (C=O) groups is 1. The Hall–Kier alpha value is -3.13. The second-order valence-corrected chi connectivity index (χ2v) is 7.07. The summed E-state index contributed by atoms with van der Waals surface area (Å²) in [6, 6.07) is 5.28. The van der Waals surface area contributed by atoms with Crippen molar-refractivity contribution in [1.82, 2.24) is 24.8 Å². The Morgan fingerprint density at radius 3 is 2.29 bits per heavy atom. The highest BCUT2D eigenvalue weighted by Gasteiger charge is 2.19. The van der Waals surface area contributed by atoms with Gasteiger partial charge in [-0.2, -0.15) is 0 Å². The summed E-state index contributed by atoms with van der Waals surface area (Å²) in [4.78, 5) is 35.0. The van der Waals surface area contributed by atoms with Gasteiger partial charge in [0.2, 0.25) is 5.95 Å². The largest absolute Gasteiger partial charge is 0.338 e. The molecule has 8 heteroatoms. The second-order valence-electron chi connectivity index (χ2n) is 7.07. The van der Waals surface area contributed by atoms with Crippen LogP contribution in [-0.4, -0.2) is 64.0 Å². The van der Waals surface area contributed by atoms with E-state index in [4.69, 9.17) is 0 Å². The summed E-state index contributed by atoms with van der Waals surface area (Å²) in [7, 11) is 2.12. The fourth-order valence-electron chi connectivity index (χ4n) is 3.32. The van der Waals surface area contributed by atoms with Crippen molar-refractivity contribution in [2.24, 2.45) is 0 Å². The predicted molar refractivity (Wildman–Crippen MR) is 109 cm³/mol. The molecule has 3 heterocycles. The maximum Gasteiger partial charge on any atom is 0.255 e. The van der Waals surface area contributed by atoms with Gasteiger partial charge in [-0.25, -0.2) is 9.97 Å². The third-order valence-electron chi connectivity index (χ3n) is 5.02. The van der Waals surface area contributed by atoms with Crippen LogP contribution in [0.15, 0.2) is 30.6 Å². The Morgan fingerprint density at radius 1 is 0.964 bits per heavy atom. The Bertz CT molecular complexity index is 1000. The molecule has 4 rings (SSSR count). The normalized spacial score (nSPS) is 15.0. The third kappa shape index (κ3) is 3.63. The number of rotatable bonds is 3. The number of hydrogen-bond donors (Lipinski definition) is 1. The van der Waals surface area contributed by atoms with Gasteiger partial charge < -0.3 is 15.1 Å². The van der Waals surface area contributed by atoms with Crippen LogP contribution in [-0.2, 0) is 0 Å². The molecule has 1 aromatic carbocycles. The molecule has 0 saturated carbocycles. The first-order valence-corrected chi connectivity index (χ1v) is 9.32. The van der Waals surface area contributed by atoms with Crippen LogP contribution in [0.25, 0.3) is 11.0 Å². The molecule has 0 spiro atoms. The van der Waals surface area contributed by atoms with E-state index in [1.807, 2.05) is 13.8 Å². The molecule has 3 aromatic rings. The van der Waals surface area contributed by atoms with Crippen LogP contribution < -0.4 is 10.2 Å². The molecule has 2 aromatic heterocycles. The highest BCUT2D eigenvalue weighted by Crippen LogP contribution is 2.22. The van der Waals surface area contributed by atoms with Crippen LogP contribution in [0.4, 0.5) is 11.6 Å². The molecule has 28 heavy (non-hydrogen) atoms. The molecule has 0 radical (unpaired) electrons. The molecule has 1 saturated heterocycles. The molecular weight excluding hydrogens is 354 g/mol. The number of fused-ring (bicyclic) bond motifs is 1. The fourth-order valence-corrected chi connectivity index (χ4v) is 3.32. The maximum atomic E-state index is 12.8. The molecule has 1 aliphatic rings. The zero-order chi connectivity index (χ0) is 19.7. The molecule has 0 aliphatic carbocycles. The summed E-state index contributed by atoms with van der Waals surface area (Å²) < 4.78 is 0. The quantitative estimate of drug-likeness (QED) is 0.747. The Kier molecular flexibility index (Phi) is 4.87. The van der Waals surface area contributed by atoms with Crippen LogP contribution >= 0.6 is 0 Å². The van der Waals surface area contributed by atoms with Gasteiger partial charge in [0.1, 0.15) is 0 Å². The van der Waals surface area contributed by atoms with Gasteiger partial charge in [0, 0.05) is 44.1 Å². The minimum Gasteiger partial charge on any atom is -0.338 e. The number of nitrogens with zero attached hydrogens (tertiary/aromatic N) is 6. The topological polar surface area (TPSA) is 87.1 Å². The number of amides is 1. The standard InChI is InChI=1S/C20H23N7O/c1-13-18(14(2)24-20(23-13)27-10-8-26(3)9-11-27)25-19(28)15-4-5-16-17(12-15)22-7-6-21-16/h4-7,12H,8-11H2,1-3H3,(H,25,28). The number of carbonyl (C=O) groups excluding carboxylic acids is 1. The highest BCUT2D eigenvalue weighted by molar-refractivity contribution is 6.06. The van der Waals surface area contributed by atoms with Crippen LogP contribution in [0.2, 0.25) is 0 Å². The predicted octanol–water partition coefficient (Wildman–Crippen LogP) is 2.04. The van der Waals surface area contributed by atoms with Crippen molar-refractivity contribution in [2.75, 3.05) is 43.4 Å². The Balaban J connectivity index is 1.56. The summed E-state index contributed by atoms with van der Waals surface area (Å²) in [5, 5.41) is 2.96. The number of benzene rings is 1. The zero-order valence-corrected chi connectivity index (χ0v) is 16.3. The van der Waals surface area contributed by atoms with Gasteiger partial charge in [0.05, 0.1) is 28.1 Å². The lowest BCUT2D eigenvalue weighted by atomic mass is 10.1. The van der Waals surface area contributed by atoms with E-state index in [1.165, 1.54) is 0 Å². The van der Waals surface area contributed by atoms with E-state index in [9.17, 15) is 4.79 Å². The molecule has 0 bridgehead atoms. The van der Waals surface area contributed by atoms with E-state index in [0.717, 1.165) is 49.0 Å². The van der Waals surface area contributed by atoms with Crippen molar-refractivity contribution in [1.29, 1.82) is 0 Å². The van der Waals surface area contributed by atoms with E-state index in [0.29, 0.717) is 16.8 Å². The van der Waals surface area contributed by atoms with E-state index in [2.05, 4.69) is 42.1 Å². The zero-order valence-electron chi connectivity index (χ0n) is 16.3. The van der Waals surface area contributed by atoms with Crippen molar-refractivity contribution < 1.29 is 4.79 Å². The number of aryl methyl sites for hydroxylation is 2. The van der Waals surface area contributed by atoms with Gasteiger partial charge in [-0.15, -0.1) is 0 Å². The fraction of sp³-hybridized carbons (Fsp3) is 0.350. The van der Waals surface area contributed by atoms with Gasteiger partial charge in [0.15, 0.2) is 0 Å². The van der Waals surface area contributed by atoms with Gasteiger partial charge >= 0.3 is 0 Å². The lowest BCUT2D eigenvalue weighted by molar-refractivity contribution is 0.102. The van der Waals surface area contributed by atoms with Crippen molar-refractivity contribution in [3.05, 3.63) is 47.5 Å². The number of nitrogens with one attached hydrogen (secondary N) is 1. The summed E-state index contributed by atoms with van der Waals surface area (Å²) in [6.07, 6.45) is 3.25. The number of piperazine rings is 1. The summed E-state index contributed by atoms with van der Waals surface area (Å²) in [6.45, 7) is 7.58. The van der Waals surface area contributed by atoms with Crippen molar-refractivity contribution in [3.8, 4) is 0 Å². The van der Waals surface area contributed by atoms with Crippen LogP contribution in [0.5, 0.6) is 0 Å². The molecule has 1 aliphatic heterocycles. The van der Waals surface area contributed by atoms with Gasteiger partial charge in [-0.3, -0.25) is 14.8 Å². The van der Waals surface area contributed by atoms with Gasteiger partial charge in [-0.05, 0) is 39.1 Å². The average molecular weight is 377 g/mol. The first-order chi connectivity index (χ1) is 13.5. The Morgan fingerprint density at radius 2 is 1.61 bits per heavy atom. The van der Waals surface area contributed by atoms with E-state index in [1.54, 1.807) is 30.6 Å². The number of hydrogen-bond acceptors (Lipinski definition) is 7. The second kappa shape index (κ2) is 7.47. The monoisotopic (exact) mass is 377 g/mol. The average Bonchev–Trinajstić information content (AvgIpc) is 2.70. The molecule has 1 N–H and O–H groups in total. The first-order valence-electron chi connectivity index (χ1n) is 9.32. The van der Waals surface area contributed by atoms with Gasteiger partial charge in [-0.1, -0.05) is 0 Å². The Labute approximate surface area is 163 Å². The smallest absolute Gasteiger partial charge is 0.255 e. The maximum absolute atomic E-state index is 12.8. The number of anilines is 2. The van der Waals surface area contributed by atoms with Crippen LogP contribution in [0.1, 0.15) is 21.7 Å². The molecular formula is C20H23N7O. The van der Waals surface area contributed by atoms with Crippen molar-refractivity contribution in [2.45, 2.75) is 13.8 Å². The van der Waals surface area contributed by atoms with E-state index < -0.39 is 0 Å². The van der Waals surface area contributed by atoms with Gasteiger partial charge in [0.25, 0.3) is 5.91 Å². The van der Waals surface area contributed by atoms with Crippen LogP contribution in [0, 0.1) is 13.8 Å². The molecule has 1 amide bonds. The molecule has 0 atom stereocenters. The van der Waals surface area contributed by atoms with E-state index >= 15 is 0 Å². The third-order valence-corrected chi connectivity index (χ3v) is 5.02. The van der Waals surface area contributed by atoms with Crippen molar-refractivity contribution in [3.63, 3.8) is 0 Å². The molecule has 8 nitrogen and oxygen atoms in total. The molecule has 0 unspecified atom stereocenters. The highest BCUT2D eigenvalue weighted by atomic mass is 16.1. The minimum absolute atomic E-state index is 0.213. The number of likely N-dealkylation sites (N-methyl/N-ethyl adjacent to an activating group) is 1.